The Hall–Kier alpha value is -7.36. The first-order valence-corrected chi connectivity index (χ1v) is 32.2. The van der Waals surface area contributed by atoms with Gasteiger partial charge in [0.1, 0.15) is 19.4 Å². The SMILES string of the molecule is COCCOCCOCCN(CC(C)(C)SC1CC(O)N(CCC(=O)NC(C)(C)C2CCCCC2)C1=O)c1cc(COc2cc3c(cc2OC)C(=O)N2c4ccccc4C[C@H]2C=N3)cc(COc2cc3c(cc2OC)C(=O)N2c4ccccc4C[C@H]2CN3)c1. The van der Waals surface area contributed by atoms with Crippen molar-refractivity contribution in [2.24, 2.45) is 10.9 Å². The van der Waals surface area contributed by atoms with E-state index in [9.17, 15) is 24.3 Å². The molecule has 5 aliphatic heterocycles. The van der Waals surface area contributed by atoms with E-state index in [1.807, 2.05) is 65.7 Å². The van der Waals surface area contributed by atoms with E-state index in [1.165, 1.54) is 35.9 Å². The second kappa shape index (κ2) is 27.8. The van der Waals surface area contributed by atoms with Gasteiger partial charge in [0.25, 0.3) is 11.8 Å². The van der Waals surface area contributed by atoms with Crippen molar-refractivity contribution in [3.63, 3.8) is 0 Å². The maximum Gasteiger partial charge on any atom is 0.261 e. The Morgan fingerprint density at radius 1 is 0.742 bits per heavy atom. The van der Waals surface area contributed by atoms with Crippen molar-refractivity contribution in [2.45, 2.75) is 133 Å². The van der Waals surface area contributed by atoms with Crippen molar-refractivity contribution in [3.8, 4) is 23.0 Å². The number of nitrogens with one attached hydrogen (secondary N) is 2. The number of anilines is 4. The van der Waals surface area contributed by atoms with Gasteiger partial charge in [-0.2, -0.15) is 0 Å². The van der Waals surface area contributed by atoms with Crippen molar-refractivity contribution in [3.05, 3.63) is 124 Å². The molecule has 5 aromatic rings. The summed E-state index contributed by atoms with van der Waals surface area (Å²) < 4.78 is 41.8. The minimum Gasteiger partial charge on any atom is -0.493 e. The molecule has 3 N–H and O–H groups in total. The smallest absolute Gasteiger partial charge is 0.261 e. The molecule has 1 aliphatic carbocycles. The first-order chi connectivity index (χ1) is 43.0. The molecule has 19 nitrogen and oxygen atoms in total. The average Bonchev–Trinajstić information content (AvgIpc) is 2.21. The van der Waals surface area contributed by atoms with Gasteiger partial charge in [-0.1, -0.05) is 55.7 Å². The summed E-state index contributed by atoms with van der Waals surface area (Å²) in [5.74, 6) is 1.44. The van der Waals surface area contributed by atoms with Crippen molar-refractivity contribution in [1.82, 2.24) is 10.2 Å². The fourth-order valence-electron chi connectivity index (χ4n) is 13.5. The number of rotatable bonds is 27. The van der Waals surface area contributed by atoms with Crippen LogP contribution in [0.25, 0.3) is 0 Å². The lowest BCUT2D eigenvalue weighted by Gasteiger charge is -2.38. The monoisotopic (exact) mass is 1240 g/mol. The van der Waals surface area contributed by atoms with Gasteiger partial charge < -0.3 is 63.6 Å². The minimum absolute atomic E-state index is 0.0539. The summed E-state index contributed by atoms with van der Waals surface area (Å²) in [6.45, 7) is 12.1. The number of amides is 4. The number of ether oxygens (including phenoxy) is 7. The third-order valence-corrected chi connectivity index (χ3v) is 19.5. The van der Waals surface area contributed by atoms with Gasteiger partial charge in [-0.05, 0) is 118 Å². The molecule has 11 rings (SSSR count). The summed E-state index contributed by atoms with van der Waals surface area (Å²) in [4.78, 5) is 68.6. The number of hydrogen-bond donors (Lipinski definition) is 3. The van der Waals surface area contributed by atoms with Gasteiger partial charge in [-0.25, -0.2) is 0 Å². The minimum atomic E-state index is -1.02. The van der Waals surface area contributed by atoms with Gasteiger partial charge in [-0.3, -0.25) is 29.1 Å². The van der Waals surface area contributed by atoms with E-state index in [0.717, 1.165) is 58.6 Å². The van der Waals surface area contributed by atoms with Crippen molar-refractivity contribution >= 4 is 70.0 Å². The number of carbonyl (C=O) groups excluding carboxylic acids is 4. The van der Waals surface area contributed by atoms with Crippen LogP contribution < -0.4 is 44.3 Å². The second-order valence-electron chi connectivity index (χ2n) is 25.2. The molecule has 89 heavy (non-hydrogen) atoms. The fraction of sp³-hybridized carbons (Fsp3) is 0.493. The number of nitrogens with zero attached hydrogens (tertiary/aromatic N) is 5. The van der Waals surface area contributed by atoms with Crippen LogP contribution in [0.4, 0.5) is 28.4 Å². The van der Waals surface area contributed by atoms with Crippen LogP contribution in [0.5, 0.6) is 23.0 Å². The van der Waals surface area contributed by atoms with Gasteiger partial charge in [0.05, 0.1) is 87.1 Å². The highest BCUT2D eigenvalue weighted by molar-refractivity contribution is 8.02. The molecule has 1 saturated carbocycles. The van der Waals surface area contributed by atoms with Crippen LogP contribution in [0.2, 0.25) is 0 Å². The lowest BCUT2D eigenvalue weighted by atomic mass is 9.76. The molecule has 5 heterocycles. The van der Waals surface area contributed by atoms with E-state index < -0.39 is 16.2 Å². The number of carbonyl (C=O) groups is 4. The Labute approximate surface area is 526 Å². The molecule has 4 amide bonds. The number of para-hydroxylation sites is 2. The quantitative estimate of drug-likeness (QED) is 0.0419. The lowest BCUT2D eigenvalue weighted by molar-refractivity contribution is -0.134. The maximum atomic E-state index is 14.4. The molecule has 0 spiro atoms. The Morgan fingerprint density at radius 3 is 2.07 bits per heavy atom. The van der Waals surface area contributed by atoms with E-state index in [1.54, 1.807) is 44.4 Å². The van der Waals surface area contributed by atoms with Crippen LogP contribution in [0, 0.1) is 5.92 Å². The number of benzene rings is 5. The van der Waals surface area contributed by atoms with E-state index in [-0.39, 0.29) is 73.9 Å². The molecule has 6 aliphatic rings. The van der Waals surface area contributed by atoms with Gasteiger partial charge in [0.2, 0.25) is 11.8 Å². The maximum absolute atomic E-state index is 14.4. The normalized spacial score (nSPS) is 19.6. The highest BCUT2D eigenvalue weighted by Crippen LogP contribution is 2.44. The number of fused-ring (bicyclic) bond motifs is 8. The number of aliphatic hydroxyl groups excluding tert-OH is 1. The van der Waals surface area contributed by atoms with Crippen LogP contribution >= 0.6 is 11.8 Å². The number of aliphatic hydroxyl groups is 1. The molecule has 0 bridgehead atoms. The van der Waals surface area contributed by atoms with Gasteiger partial charge in [0, 0.05) is 98.2 Å². The summed E-state index contributed by atoms with van der Waals surface area (Å²) in [5.41, 5.74) is 8.08. The first-order valence-electron chi connectivity index (χ1n) is 31.3. The number of methoxy groups -OCH3 is 3. The molecule has 4 atom stereocenters. The molecule has 2 fully saturated rings. The Kier molecular flexibility index (Phi) is 19.7. The summed E-state index contributed by atoms with van der Waals surface area (Å²) in [6, 6.07) is 28.9. The zero-order valence-corrected chi connectivity index (χ0v) is 53.2. The van der Waals surface area contributed by atoms with Crippen LogP contribution in [0.15, 0.2) is 96.0 Å². The fourth-order valence-corrected chi connectivity index (χ4v) is 15.0. The Bertz CT molecular complexity index is 3420. The molecule has 1 saturated heterocycles. The van der Waals surface area contributed by atoms with Crippen LogP contribution in [-0.2, 0) is 49.9 Å². The lowest BCUT2D eigenvalue weighted by Crippen LogP contribution is -2.50. The molecule has 0 radical (unpaired) electrons. The molecule has 0 aromatic heterocycles. The zero-order chi connectivity index (χ0) is 62.4. The Balaban J connectivity index is 0.862. The van der Waals surface area contributed by atoms with Crippen molar-refractivity contribution < 1.29 is 57.4 Å². The molecular weight excluding hydrogens is 1150 g/mol. The number of hydrogen-bond acceptors (Lipinski definition) is 16. The first kappa shape index (κ1) is 63.2. The number of thioether (sulfide) groups is 1. The summed E-state index contributed by atoms with van der Waals surface area (Å²) in [5, 5.41) is 17.6. The predicted molar refractivity (Wildman–Crippen MR) is 346 cm³/mol. The topological polar surface area (TPSA) is 202 Å². The van der Waals surface area contributed by atoms with Gasteiger partial charge >= 0.3 is 0 Å². The zero-order valence-electron chi connectivity index (χ0n) is 52.3. The van der Waals surface area contributed by atoms with Crippen LogP contribution in [-0.4, -0.2) is 154 Å². The molecule has 2 unspecified atom stereocenters. The third-order valence-electron chi connectivity index (χ3n) is 18.0. The summed E-state index contributed by atoms with van der Waals surface area (Å²) >= 11 is 1.51. The molecule has 474 valence electrons. The second-order valence-corrected chi connectivity index (χ2v) is 27.1. The molecular formula is C69H85N7O12S. The van der Waals surface area contributed by atoms with E-state index >= 15 is 0 Å². The van der Waals surface area contributed by atoms with E-state index in [0.29, 0.717) is 111 Å². The van der Waals surface area contributed by atoms with Crippen LogP contribution in [0.1, 0.15) is 116 Å². The van der Waals surface area contributed by atoms with Crippen molar-refractivity contribution in [2.75, 3.05) is 101 Å². The van der Waals surface area contributed by atoms with Crippen LogP contribution in [0.3, 0.4) is 0 Å². The standard InChI is InChI=1S/C69H85N7O12S/c1-68(2,89-62-38-64(78)74(67(62)81)22-21-63(77)72-69(3,4)48-17-9-8-10-18-48)43-73(23-24-85-27-28-86-26-25-82-5)49-30-44(41-87-60-36-54-52(34-58(60)83-6)65(79)75-50(39-70-54)32-46-15-11-13-19-56(46)75)29-45(31-49)42-88-61-37-55-53(35-59(61)84-7)66(80)76-51(40-71-55)33-47-16-12-14-20-57(47)76/h11-16,19-20,29-31,34-37,39,48,50-51,62,64,71,78H,8-10,17-18,21-28,32-33,38,40-43H2,1-7H3,(H,72,77)/t50-,51-,62?,64?/m0/s1. The average molecular weight is 1240 g/mol. The number of likely N-dealkylation sites (tertiary alicyclic amines) is 1. The van der Waals surface area contributed by atoms with Crippen molar-refractivity contribution in [1.29, 1.82) is 0 Å². The third kappa shape index (κ3) is 14.3. The largest absolute Gasteiger partial charge is 0.493 e. The number of aliphatic imine (C=N–C) groups is 1. The Morgan fingerprint density at radius 2 is 1.37 bits per heavy atom. The highest BCUT2D eigenvalue weighted by Gasteiger charge is 2.44. The van der Waals surface area contributed by atoms with E-state index in [2.05, 4.69) is 61.4 Å². The molecule has 5 aromatic carbocycles. The predicted octanol–water partition coefficient (Wildman–Crippen LogP) is 9.93. The van der Waals surface area contributed by atoms with E-state index in [4.69, 9.17) is 38.2 Å². The summed E-state index contributed by atoms with van der Waals surface area (Å²) in [6.07, 6.45) is 8.28. The summed E-state index contributed by atoms with van der Waals surface area (Å²) in [7, 11) is 4.75. The molecule has 20 heteroatoms. The highest BCUT2D eigenvalue weighted by atomic mass is 32.2. The van der Waals surface area contributed by atoms with Gasteiger partial charge in [-0.15, -0.1) is 11.8 Å². The van der Waals surface area contributed by atoms with Gasteiger partial charge in [0.15, 0.2) is 23.0 Å².